The Morgan fingerprint density at radius 1 is 1.17 bits per heavy atom. The average molecular weight is 168 g/mol. The summed E-state index contributed by atoms with van der Waals surface area (Å²) in [4.78, 5) is 0. The van der Waals surface area contributed by atoms with E-state index in [1.165, 1.54) is 32.1 Å². The standard InChI is InChI=1S/C12H24/c1-5-8-9-11-12(4,7-3)10-6-2/h6,10H,5,7-9,11H2,1-4H3/b10-6+. The molecule has 0 spiro atoms. The lowest BCUT2D eigenvalue weighted by Gasteiger charge is -2.23. The highest BCUT2D eigenvalue weighted by Crippen LogP contribution is 2.29. The summed E-state index contributed by atoms with van der Waals surface area (Å²) >= 11 is 0. The van der Waals surface area contributed by atoms with Crippen LogP contribution in [-0.4, -0.2) is 0 Å². The Morgan fingerprint density at radius 3 is 2.25 bits per heavy atom. The van der Waals surface area contributed by atoms with E-state index in [1.54, 1.807) is 0 Å². The Kier molecular flexibility index (Phi) is 6.14. The topological polar surface area (TPSA) is 0 Å². The minimum absolute atomic E-state index is 0.462. The molecule has 0 rings (SSSR count). The van der Waals surface area contributed by atoms with E-state index in [4.69, 9.17) is 0 Å². The van der Waals surface area contributed by atoms with E-state index in [0.717, 1.165) is 0 Å². The van der Waals surface area contributed by atoms with Crippen LogP contribution in [0.25, 0.3) is 0 Å². The fourth-order valence-electron chi connectivity index (χ4n) is 1.56. The molecule has 0 nitrogen and oxygen atoms in total. The van der Waals surface area contributed by atoms with E-state index in [1.807, 2.05) is 0 Å². The molecular formula is C12H24. The smallest absolute Gasteiger partial charge is 0.0149 e. The highest BCUT2D eigenvalue weighted by Gasteiger charge is 2.16. The molecule has 12 heavy (non-hydrogen) atoms. The first-order valence-electron chi connectivity index (χ1n) is 5.32. The Balaban J connectivity index is 3.79. The number of rotatable bonds is 6. The summed E-state index contributed by atoms with van der Waals surface area (Å²) in [6.45, 7) is 9.03. The lowest BCUT2D eigenvalue weighted by atomic mass is 9.82. The zero-order valence-corrected chi connectivity index (χ0v) is 9.19. The van der Waals surface area contributed by atoms with Crippen LogP contribution in [0.4, 0.5) is 0 Å². The van der Waals surface area contributed by atoms with E-state index in [0.29, 0.717) is 5.41 Å². The average Bonchev–Trinajstić information content (AvgIpc) is 2.06. The maximum absolute atomic E-state index is 2.36. The maximum Gasteiger partial charge on any atom is -0.0149 e. The third kappa shape index (κ3) is 4.58. The molecule has 0 heteroatoms. The van der Waals surface area contributed by atoms with Gasteiger partial charge in [-0.3, -0.25) is 0 Å². The molecule has 0 radical (unpaired) electrons. The van der Waals surface area contributed by atoms with Crippen molar-refractivity contribution in [3.63, 3.8) is 0 Å². The van der Waals surface area contributed by atoms with Crippen molar-refractivity contribution >= 4 is 0 Å². The van der Waals surface area contributed by atoms with E-state index < -0.39 is 0 Å². The van der Waals surface area contributed by atoms with Crippen LogP contribution < -0.4 is 0 Å². The van der Waals surface area contributed by atoms with Gasteiger partial charge in [-0.15, -0.1) is 0 Å². The third-order valence-corrected chi connectivity index (χ3v) is 2.73. The van der Waals surface area contributed by atoms with Crippen molar-refractivity contribution in [2.75, 3.05) is 0 Å². The molecule has 0 saturated carbocycles. The highest BCUT2D eigenvalue weighted by atomic mass is 14.2. The van der Waals surface area contributed by atoms with E-state index in [-0.39, 0.29) is 0 Å². The third-order valence-electron chi connectivity index (χ3n) is 2.73. The Bertz CT molecular complexity index is 124. The van der Waals surface area contributed by atoms with Gasteiger partial charge in [-0.25, -0.2) is 0 Å². The molecule has 0 saturated heterocycles. The van der Waals surface area contributed by atoms with Crippen molar-refractivity contribution in [3.05, 3.63) is 12.2 Å². The molecule has 0 N–H and O–H groups in total. The van der Waals surface area contributed by atoms with Crippen molar-refractivity contribution in [1.29, 1.82) is 0 Å². The van der Waals surface area contributed by atoms with E-state index in [2.05, 4.69) is 39.8 Å². The summed E-state index contributed by atoms with van der Waals surface area (Å²) in [5.41, 5.74) is 0.462. The van der Waals surface area contributed by atoms with Crippen molar-refractivity contribution in [1.82, 2.24) is 0 Å². The van der Waals surface area contributed by atoms with Gasteiger partial charge in [0.1, 0.15) is 0 Å². The Hall–Kier alpha value is -0.260. The summed E-state index contributed by atoms with van der Waals surface area (Å²) in [6.07, 6.45) is 11.3. The van der Waals surface area contributed by atoms with Gasteiger partial charge in [0, 0.05) is 0 Å². The molecule has 0 amide bonds. The molecule has 1 unspecified atom stereocenters. The van der Waals surface area contributed by atoms with E-state index in [9.17, 15) is 0 Å². The van der Waals surface area contributed by atoms with Crippen LogP contribution in [0.2, 0.25) is 0 Å². The van der Waals surface area contributed by atoms with Gasteiger partial charge in [-0.2, -0.15) is 0 Å². The lowest BCUT2D eigenvalue weighted by Crippen LogP contribution is -2.11. The van der Waals surface area contributed by atoms with Crippen molar-refractivity contribution in [2.45, 2.75) is 59.8 Å². The first kappa shape index (κ1) is 11.7. The summed E-state index contributed by atoms with van der Waals surface area (Å²) < 4.78 is 0. The summed E-state index contributed by atoms with van der Waals surface area (Å²) in [7, 11) is 0. The van der Waals surface area contributed by atoms with Crippen LogP contribution >= 0.6 is 0 Å². The minimum atomic E-state index is 0.462. The minimum Gasteiger partial charge on any atom is -0.0911 e. The highest BCUT2D eigenvalue weighted by molar-refractivity contribution is 4.94. The van der Waals surface area contributed by atoms with Crippen LogP contribution in [0, 0.1) is 5.41 Å². The van der Waals surface area contributed by atoms with Crippen LogP contribution in [0.5, 0.6) is 0 Å². The molecule has 72 valence electrons. The molecule has 0 heterocycles. The molecule has 0 aromatic carbocycles. The second kappa shape index (κ2) is 6.28. The Morgan fingerprint density at radius 2 is 1.83 bits per heavy atom. The summed E-state index contributed by atoms with van der Waals surface area (Å²) in [6, 6.07) is 0. The number of hydrogen-bond acceptors (Lipinski definition) is 0. The van der Waals surface area contributed by atoms with Crippen molar-refractivity contribution in [3.8, 4) is 0 Å². The van der Waals surface area contributed by atoms with Gasteiger partial charge in [-0.1, -0.05) is 52.2 Å². The number of allylic oxidation sites excluding steroid dienone is 2. The van der Waals surface area contributed by atoms with Crippen LogP contribution in [0.3, 0.4) is 0 Å². The van der Waals surface area contributed by atoms with Gasteiger partial charge in [0.15, 0.2) is 0 Å². The molecule has 0 aromatic rings. The molecule has 0 fully saturated rings. The second-order valence-electron chi connectivity index (χ2n) is 3.96. The van der Waals surface area contributed by atoms with Crippen LogP contribution in [-0.2, 0) is 0 Å². The summed E-state index contributed by atoms with van der Waals surface area (Å²) in [5, 5.41) is 0. The van der Waals surface area contributed by atoms with Crippen molar-refractivity contribution in [2.24, 2.45) is 5.41 Å². The van der Waals surface area contributed by atoms with Gasteiger partial charge >= 0.3 is 0 Å². The zero-order valence-electron chi connectivity index (χ0n) is 9.19. The Labute approximate surface area is 78.1 Å². The van der Waals surface area contributed by atoms with Gasteiger partial charge < -0.3 is 0 Å². The number of hydrogen-bond donors (Lipinski definition) is 0. The van der Waals surface area contributed by atoms with Crippen molar-refractivity contribution < 1.29 is 0 Å². The fourth-order valence-corrected chi connectivity index (χ4v) is 1.56. The summed E-state index contributed by atoms with van der Waals surface area (Å²) in [5.74, 6) is 0. The van der Waals surface area contributed by atoms with E-state index >= 15 is 0 Å². The predicted octanol–water partition coefficient (Wildman–Crippen LogP) is 4.56. The quantitative estimate of drug-likeness (QED) is 0.403. The maximum atomic E-state index is 2.36. The van der Waals surface area contributed by atoms with Gasteiger partial charge in [0.05, 0.1) is 0 Å². The van der Waals surface area contributed by atoms with Gasteiger partial charge in [0.25, 0.3) is 0 Å². The molecular weight excluding hydrogens is 144 g/mol. The first-order chi connectivity index (χ1) is 5.68. The zero-order chi connectivity index (χ0) is 9.45. The monoisotopic (exact) mass is 168 g/mol. The lowest BCUT2D eigenvalue weighted by molar-refractivity contribution is 0.359. The van der Waals surface area contributed by atoms with Gasteiger partial charge in [-0.05, 0) is 25.2 Å². The second-order valence-corrected chi connectivity index (χ2v) is 3.96. The predicted molar refractivity (Wildman–Crippen MR) is 57.4 cm³/mol. The largest absolute Gasteiger partial charge is 0.0911 e. The normalized spacial score (nSPS) is 16.7. The molecule has 0 aliphatic carbocycles. The first-order valence-corrected chi connectivity index (χ1v) is 5.32. The van der Waals surface area contributed by atoms with Crippen LogP contribution in [0.15, 0.2) is 12.2 Å². The SMILES string of the molecule is C/C=C/C(C)(CC)CCCCC. The van der Waals surface area contributed by atoms with Gasteiger partial charge in [0.2, 0.25) is 0 Å². The molecule has 0 aliphatic heterocycles. The molecule has 1 atom stereocenters. The molecule has 0 bridgehead atoms. The fraction of sp³-hybridized carbons (Fsp3) is 0.833. The molecule has 0 aliphatic rings. The number of unbranched alkanes of at least 4 members (excludes halogenated alkanes) is 2. The molecule has 0 aromatic heterocycles. The van der Waals surface area contributed by atoms with Crippen LogP contribution in [0.1, 0.15) is 59.8 Å².